The Morgan fingerprint density at radius 2 is 1.20 bits per heavy atom. The van der Waals surface area contributed by atoms with Gasteiger partial charge >= 0.3 is 96.6 Å². The van der Waals surface area contributed by atoms with E-state index in [1.807, 2.05) is 0 Å². The Morgan fingerprint density at radius 3 is 1.53 bits per heavy atom. The van der Waals surface area contributed by atoms with Crippen molar-refractivity contribution in [3.8, 4) is 0 Å². The first kappa shape index (κ1) is 14.2. The van der Waals surface area contributed by atoms with E-state index in [1.165, 1.54) is 0 Å². The third kappa shape index (κ3) is 3.32. The van der Waals surface area contributed by atoms with Gasteiger partial charge in [0.05, 0.1) is 0 Å². The molecule has 1 fully saturated rings. The van der Waals surface area contributed by atoms with E-state index in [9.17, 15) is 0 Å². The second-order valence-electron chi connectivity index (χ2n) is 4.14. The number of rotatable bonds is 6. The molecule has 2 atom stereocenters. The van der Waals surface area contributed by atoms with Crippen molar-refractivity contribution in [3.63, 3.8) is 0 Å². The van der Waals surface area contributed by atoms with Crippen molar-refractivity contribution >= 4 is 25.1 Å². The number of hydrogen-bond acceptors (Lipinski definition) is 3. The van der Waals surface area contributed by atoms with Crippen molar-refractivity contribution in [1.29, 1.82) is 0 Å². The van der Waals surface area contributed by atoms with Crippen molar-refractivity contribution in [1.82, 2.24) is 0 Å². The average molecular weight is 272 g/mol. The van der Waals surface area contributed by atoms with Crippen LogP contribution in [0.4, 0.5) is 0 Å². The van der Waals surface area contributed by atoms with E-state index >= 15 is 0 Å². The zero-order valence-corrected chi connectivity index (χ0v) is 12.8. The van der Waals surface area contributed by atoms with E-state index in [2.05, 4.69) is 20.8 Å². The van der Waals surface area contributed by atoms with Gasteiger partial charge in [-0.1, -0.05) is 0 Å². The molecule has 0 amide bonds. The summed E-state index contributed by atoms with van der Waals surface area (Å²) in [6.45, 7) is 6.65. The van der Waals surface area contributed by atoms with Gasteiger partial charge in [-0.15, -0.1) is 0 Å². The molecule has 92 valence electrons. The quantitative estimate of drug-likeness (QED) is 0.657. The van der Waals surface area contributed by atoms with E-state index in [0.29, 0.717) is 0 Å². The first-order valence-corrected chi connectivity index (χ1v) is 10.0. The van der Waals surface area contributed by atoms with Crippen molar-refractivity contribution < 1.29 is 12.9 Å². The Kier molecular flexibility index (Phi) is 5.88. The van der Waals surface area contributed by atoms with Gasteiger partial charge in [0, 0.05) is 0 Å². The van der Waals surface area contributed by atoms with Crippen LogP contribution in [0, 0.1) is 0 Å². The molecule has 0 bridgehead atoms. The van der Waals surface area contributed by atoms with Crippen LogP contribution < -0.4 is 0 Å². The summed E-state index contributed by atoms with van der Waals surface area (Å²) in [6.07, 6.45) is 6.76. The van der Waals surface area contributed by atoms with Crippen molar-refractivity contribution in [2.45, 2.75) is 40.0 Å². The Bertz CT molecular complexity index is 158. The van der Waals surface area contributed by atoms with Crippen LogP contribution in [0.5, 0.6) is 0 Å². The molecule has 2 unspecified atom stereocenters. The molecule has 1 aliphatic rings. The summed E-state index contributed by atoms with van der Waals surface area (Å²) in [6, 6.07) is 0. The molecule has 0 radical (unpaired) electrons. The first-order chi connectivity index (χ1) is 7.20. The standard InChI is InChI=1S/C9H23O3P3/c1-4-7-15(8-5-2,9-6-3)11-13-10-14-12-15/h13-14H,4-9H2,1-3H3. The Morgan fingerprint density at radius 1 is 0.800 bits per heavy atom. The van der Waals surface area contributed by atoms with Gasteiger partial charge in [-0.2, -0.15) is 0 Å². The minimum absolute atomic E-state index is 0.199. The summed E-state index contributed by atoms with van der Waals surface area (Å²) in [5.74, 6) is 0. The molecule has 0 saturated carbocycles. The molecule has 3 nitrogen and oxygen atoms in total. The molecule has 0 aromatic carbocycles. The normalized spacial score (nSPS) is 29.9. The fourth-order valence-corrected chi connectivity index (χ4v) is 11.3. The molecule has 1 rings (SSSR count). The summed E-state index contributed by atoms with van der Waals surface area (Å²) in [5.41, 5.74) is 0. The van der Waals surface area contributed by atoms with Gasteiger partial charge in [0.25, 0.3) is 0 Å². The van der Waals surface area contributed by atoms with Crippen LogP contribution in [0.1, 0.15) is 40.0 Å². The molecule has 1 saturated heterocycles. The molecule has 6 heteroatoms. The molecule has 0 N–H and O–H groups in total. The van der Waals surface area contributed by atoms with Gasteiger partial charge < -0.3 is 0 Å². The topological polar surface area (TPSA) is 27.7 Å². The SMILES string of the molecule is CCCP1(CCC)(CCC)OPOPO1. The minimum atomic E-state index is -2.31. The molecule has 1 heterocycles. The van der Waals surface area contributed by atoms with Gasteiger partial charge in [0.1, 0.15) is 0 Å². The van der Waals surface area contributed by atoms with Crippen LogP contribution in [-0.4, -0.2) is 18.5 Å². The third-order valence-electron chi connectivity index (χ3n) is 2.79. The monoisotopic (exact) mass is 272 g/mol. The van der Waals surface area contributed by atoms with Crippen LogP contribution in [-0.2, 0) is 12.9 Å². The zero-order chi connectivity index (χ0) is 11.2. The van der Waals surface area contributed by atoms with Gasteiger partial charge in [0.15, 0.2) is 0 Å². The predicted molar refractivity (Wildman–Crippen MR) is 72.3 cm³/mol. The summed E-state index contributed by atoms with van der Waals surface area (Å²) < 4.78 is 17.4. The van der Waals surface area contributed by atoms with Gasteiger partial charge in [-0.3, -0.25) is 0 Å². The van der Waals surface area contributed by atoms with Crippen molar-refractivity contribution in [3.05, 3.63) is 0 Å². The maximum atomic E-state index is 6.10. The first-order valence-electron chi connectivity index (χ1n) is 5.75. The van der Waals surface area contributed by atoms with Crippen LogP contribution >= 0.6 is 25.1 Å². The Hall–Kier alpha value is 1.17. The number of hydrogen-bond donors (Lipinski definition) is 0. The molecular weight excluding hydrogens is 249 g/mol. The zero-order valence-electron chi connectivity index (χ0n) is 9.91. The van der Waals surface area contributed by atoms with E-state index in [-0.39, 0.29) is 18.1 Å². The van der Waals surface area contributed by atoms with Gasteiger partial charge in [0.2, 0.25) is 0 Å². The second kappa shape index (κ2) is 6.20. The fraction of sp³-hybridized carbons (Fsp3) is 1.00. The van der Waals surface area contributed by atoms with Gasteiger partial charge in [-0.05, 0) is 0 Å². The third-order valence-corrected chi connectivity index (χ3v) is 12.1. The van der Waals surface area contributed by atoms with E-state index in [4.69, 9.17) is 12.9 Å². The van der Waals surface area contributed by atoms with Crippen LogP contribution in [0.3, 0.4) is 0 Å². The molecular formula is C9H23O3P3. The summed E-state index contributed by atoms with van der Waals surface area (Å²) in [7, 11) is -1.91. The predicted octanol–water partition coefficient (Wildman–Crippen LogP) is 4.68. The molecule has 0 spiro atoms. The Balaban J connectivity index is 2.85. The van der Waals surface area contributed by atoms with Crippen molar-refractivity contribution in [2.75, 3.05) is 18.5 Å². The molecule has 0 aliphatic carbocycles. The van der Waals surface area contributed by atoms with Crippen LogP contribution in [0.2, 0.25) is 0 Å². The average Bonchev–Trinajstić information content (AvgIpc) is 2.20. The van der Waals surface area contributed by atoms with Crippen LogP contribution in [0.25, 0.3) is 0 Å². The fourth-order valence-electron chi connectivity index (χ4n) is 2.37. The summed E-state index contributed by atoms with van der Waals surface area (Å²) >= 11 is 0. The molecule has 0 aromatic rings. The maximum absolute atomic E-state index is 6.10. The van der Waals surface area contributed by atoms with E-state index in [0.717, 1.165) is 37.7 Å². The summed E-state index contributed by atoms with van der Waals surface area (Å²) in [5, 5.41) is 0. The Labute approximate surface area is 97.0 Å². The molecule has 15 heavy (non-hydrogen) atoms. The van der Waals surface area contributed by atoms with Crippen LogP contribution in [0.15, 0.2) is 0 Å². The second-order valence-corrected chi connectivity index (χ2v) is 11.1. The summed E-state index contributed by atoms with van der Waals surface area (Å²) in [4.78, 5) is 0. The van der Waals surface area contributed by atoms with E-state index in [1.54, 1.807) is 0 Å². The molecule has 1 aliphatic heterocycles. The van der Waals surface area contributed by atoms with E-state index < -0.39 is 7.06 Å². The van der Waals surface area contributed by atoms with Gasteiger partial charge in [-0.25, -0.2) is 0 Å². The van der Waals surface area contributed by atoms with Crippen molar-refractivity contribution in [2.24, 2.45) is 0 Å². The molecule has 0 aromatic heterocycles.